The van der Waals surface area contributed by atoms with Crippen LogP contribution in [0.3, 0.4) is 0 Å². The van der Waals surface area contributed by atoms with Crippen molar-refractivity contribution < 1.29 is 40.6 Å². The van der Waals surface area contributed by atoms with E-state index in [2.05, 4.69) is 15.4 Å². The molecule has 7 nitrogen and oxygen atoms in total. The highest BCUT2D eigenvalue weighted by Gasteiger charge is 2.37. The Kier molecular flexibility index (Phi) is 7.27. The number of rotatable bonds is 6. The maximum Gasteiger partial charge on any atom is 0.416 e. The first-order valence-corrected chi connectivity index (χ1v) is 10.1. The van der Waals surface area contributed by atoms with Crippen molar-refractivity contribution in [2.75, 3.05) is 13.8 Å². The van der Waals surface area contributed by atoms with Gasteiger partial charge in [-0.15, -0.1) is 0 Å². The molecule has 188 valence electrons. The van der Waals surface area contributed by atoms with Gasteiger partial charge >= 0.3 is 18.3 Å². The molecule has 0 aliphatic carbocycles. The molecule has 0 amide bonds. The Morgan fingerprint density at radius 1 is 1.09 bits per heavy atom. The first-order chi connectivity index (χ1) is 16.3. The van der Waals surface area contributed by atoms with Crippen molar-refractivity contribution in [2.24, 2.45) is 4.99 Å². The number of aromatic nitrogens is 1. The van der Waals surface area contributed by atoms with Gasteiger partial charge in [-0.3, -0.25) is 10.4 Å². The fourth-order valence-corrected chi connectivity index (χ4v) is 3.01. The second-order valence-electron chi connectivity index (χ2n) is 7.61. The van der Waals surface area contributed by atoms with Crippen molar-refractivity contribution in [3.8, 4) is 5.88 Å². The van der Waals surface area contributed by atoms with Crippen molar-refractivity contribution in [3.63, 3.8) is 0 Å². The van der Waals surface area contributed by atoms with Crippen LogP contribution in [0, 0.1) is 0 Å². The molecule has 1 aromatic carbocycles. The van der Waals surface area contributed by atoms with Crippen molar-refractivity contribution in [1.82, 2.24) is 15.4 Å². The lowest BCUT2D eigenvalue weighted by molar-refractivity contribution is -0.143. The smallest absolute Gasteiger partial charge is 0.416 e. The Morgan fingerprint density at radius 2 is 1.71 bits per heavy atom. The van der Waals surface area contributed by atoms with Crippen LogP contribution in [-0.2, 0) is 21.9 Å². The second-order valence-corrected chi connectivity index (χ2v) is 7.61. The normalized spacial score (nSPS) is 14.6. The molecule has 35 heavy (non-hydrogen) atoms. The van der Waals surface area contributed by atoms with Crippen molar-refractivity contribution in [1.29, 1.82) is 0 Å². The number of nitrogens with zero attached hydrogens (tertiary/aromatic N) is 3. The highest BCUT2D eigenvalue weighted by Crippen LogP contribution is 2.36. The van der Waals surface area contributed by atoms with Crippen LogP contribution in [0.2, 0.25) is 0 Å². The summed E-state index contributed by atoms with van der Waals surface area (Å²) >= 11 is 0. The van der Waals surface area contributed by atoms with Crippen molar-refractivity contribution in [3.05, 3.63) is 65.0 Å². The summed E-state index contributed by atoms with van der Waals surface area (Å²) in [6, 6.07) is 4.21. The molecular formula is C22H20F6N4O3. The number of methoxy groups -OCH3 is 1. The van der Waals surface area contributed by atoms with Gasteiger partial charge in [0.15, 0.2) is 0 Å². The lowest BCUT2D eigenvalue weighted by Crippen LogP contribution is -2.33. The molecule has 0 saturated carbocycles. The van der Waals surface area contributed by atoms with E-state index in [1.165, 1.54) is 30.6 Å². The fraction of sp³-hybridized carbons (Fsp3) is 0.318. The Labute approximate surface area is 196 Å². The summed E-state index contributed by atoms with van der Waals surface area (Å²) in [7, 11) is 1.41. The SMILES string of the molecule is COc1ccc(/C(=C\N2CN=C(c3cc(C(F)(F)F)cc(C(F)(F)F)c3)N2)C(=O)OC(C)C)cn1. The van der Waals surface area contributed by atoms with Crippen LogP contribution in [0.25, 0.3) is 5.57 Å². The van der Waals surface area contributed by atoms with E-state index in [-0.39, 0.29) is 24.1 Å². The van der Waals surface area contributed by atoms with E-state index in [1.807, 2.05) is 0 Å². The molecule has 13 heteroatoms. The number of amidine groups is 1. The predicted octanol–water partition coefficient (Wildman–Crippen LogP) is 4.64. The maximum absolute atomic E-state index is 13.2. The van der Waals surface area contributed by atoms with Crippen LogP contribution in [0.4, 0.5) is 26.3 Å². The number of nitrogens with one attached hydrogen (secondary N) is 1. The quantitative estimate of drug-likeness (QED) is 0.352. The van der Waals surface area contributed by atoms with Crippen LogP contribution >= 0.6 is 0 Å². The van der Waals surface area contributed by atoms with Crippen LogP contribution in [0.5, 0.6) is 5.88 Å². The molecule has 2 aromatic rings. The molecule has 0 atom stereocenters. The molecule has 2 heterocycles. The van der Waals surface area contributed by atoms with E-state index in [0.717, 1.165) is 0 Å². The number of esters is 1. The van der Waals surface area contributed by atoms with Gasteiger partial charge in [-0.2, -0.15) is 26.3 Å². The number of hydrazine groups is 1. The second kappa shape index (κ2) is 9.84. The van der Waals surface area contributed by atoms with Gasteiger partial charge in [0, 0.05) is 29.6 Å². The Hall–Kier alpha value is -3.77. The Balaban J connectivity index is 1.93. The van der Waals surface area contributed by atoms with E-state index in [1.54, 1.807) is 19.9 Å². The number of ether oxygens (including phenoxy) is 2. The molecule has 0 fully saturated rings. The Morgan fingerprint density at radius 3 is 2.20 bits per heavy atom. The number of pyridine rings is 1. The minimum Gasteiger partial charge on any atom is -0.481 e. The summed E-state index contributed by atoms with van der Waals surface area (Å²) in [6.45, 7) is 3.08. The first-order valence-electron chi connectivity index (χ1n) is 10.1. The van der Waals surface area contributed by atoms with Gasteiger partial charge in [-0.25, -0.2) is 14.8 Å². The average Bonchev–Trinajstić information content (AvgIpc) is 3.24. The van der Waals surface area contributed by atoms with Gasteiger partial charge in [-0.1, -0.05) is 0 Å². The summed E-state index contributed by atoms with van der Waals surface area (Å²) in [4.78, 5) is 20.7. The number of carbonyl (C=O) groups excluding carboxylic acids is 1. The number of hydrogen-bond donors (Lipinski definition) is 1. The predicted molar refractivity (Wildman–Crippen MR) is 113 cm³/mol. The van der Waals surface area contributed by atoms with E-state index < -0.39 is 41.1 Å². The molecule has 0 bridgehead atoms. The molecule has 0 radical (unpaired) electrons. The summed E-state index contributed by atoms with van der Waals surface area (Å²) in [6.07, 6.45) is -7.81. The number of hydrogen-bond acceptors (Lipinski definition) is 7. The zero-order valence-electron chi connectivity index (χ0n) is 18.7. The third-order valence-electron chi connectivity index (χ3n) is 4.60. The van der Waals surface area contributed by atoms with Crippen LogP contribution in [-0.4, -0.2) is 41.7 Å². The van der Waals surface area contributed by atoms with Gasteiger partial charge in [-0.05, 0) is 38.1 Å². The van der Waals surface area contributed by atoms with E-state index in [0.29, 0.717) is 23.6 Å². The summed E-state index contributed by atoms with van der Waals surface area (Å²) in [5, 5.41) is 1.23. The standard InChI is InChI=1S/C22H20F6N4O3/c1-12(2)35-20(33)17(13-4-5-18(34-3)29-9-13)10-32-11-30-19(31-32)14-6-15(21(23,24)25)8-16(7-14)22(26,27)28/h4-10,12H,11H2,1-3H3,(H,30,31)/b17-10+. The third-order valence-corrected chi connectivity index (χ3v) is 4.60. The molecule has 0 unspecified atom stereocenters. The molecule has 1 N–H and O–H groups in total. The first kappa shape index (κ1) is 25.8. The lowest BCUT2D eigenvalue weighted by atomic mass is 10.0. The summed E-state index contributed by atoms with van der Waals surface area (Å²) in [5.41, 5.74) is -0.370. The van der Waals surface area contributed by atoms with Gasteiger partial charge in [0.25, 0.3) is 0 Å². The highest BCUT2D eigenvalue weighted by molar-refractivity contribution is 6.16. The number of halogens is 6. The number of alkyl halides is 6. The number of benzene rings is 1. The summed E-state index contributed by atoms with van der Waals surface area (Å²) in [5.74, 6) is -0.664. The molecule has 1 aromatic heterocycles. The fourth-order valence-electron chi connectivity index (χ4n) is 3.01. The largest absolute Gasteiger partial charge is 0.481 e. The summed E-state index contributed by atoms with van der Waals surface area (Å²) < 4.78 is 89.4. The highest BCUT2D eigenvalue weighted by atomic mass is 19.4. The van der Waals surface area contributed by atoms with Crippen molar-refractivity contribution >= 4 is 17.4 Å². The molecule has 3 rings (SSSR count). The topological polar surface area (TPSA) is 76.0 Å². The molecular weight excluding hydrogens is 482 g/mol. The van der Waals surface area contributed by atoms with E-state index in [4.69, 9.17) is 9.47 Å². The average molecular weight is 502 g/mol. The number of aliphatic imine (C=N–C) groups is 1. The van der Waals surface area contributed by atoms with Crippen LogP contribution in [0.1, 0.15) is 36.1 Å². The van der Waals surface area contributed by atoms with Gasteiger partial charge < -0.3 is 9.47 Å². The van der Waals surface area contributed by atoms with Gasteiger partial charge in [0.1, 0.15) is 12.5 Å². The lowest BCUT2D eigenvalue weighted by Gasteiger charge is -2.18. The number of carbonyl (C=O) groups is 1. The van der Waals surface area contributed by atoms with Gasteiger partial charge in [0.05, 0.1) is 29.9 Å². The molecule has 0 spiro atoms. The zero-order valence-corrected chi connectivity index (χ0v) is 18.7. The minimum absolute atomic E-state index is 0.0258. The zero-order chi connectivity index (χ0) is 26.0. The van der Waals surface area contributed by atoms with Gasteiger partial charge in [0.2, 0.25) is 5.88 Å². The molecule has 0 saturated heterocycles. The maximum atomic E-state index is 13.2. The minimum atomic E-state index is -5.00. The monoisotopic (exact) mass is 502 g/mol. The third kappa shape index (κ3) is 6.43. The van der Waals surface area contributed by atoms with Crippen LogP contribution in [0.15, 0.2) is 47.7 Å². The van der Waals surface area contributed by atoms with Crippen LogP contribution < -0.4 is 10.2 Å². The Bertz CT molecular complexity index is 1110. The molecule has 1 aliphatic heterocycles. The van der Waals surface area contributed by atoms with E-state index in [9.17, 15) is 31.1 Å². The van der Waals surface area contributed by atoms with E-state index >= 15 is 0 Å². The molecule has 1 aliphatic rings. The van der Waals surface area contributed by atoms with Crippen molar-refractivity contribution in [2.45, 2.75) is 32.3 Å².